The average molecular weight is 265 g/mol. The van der Waals surface area contributed by atoms with Crippen molar-refractivity contribution >= 4 is 5.69 Å². The third-order valence-corrected chi connectivity index (χ3v) is 3.29. The molecule has 0 bridgehead atoms. The van der Waals surface area contributed by atoms with Gasteiger partial charge in [-0.3, -0.25) is 0 Å². The van der Waals surface area contributed by atoms with Crippen LogP contribution in [0.3, 0.4) is 0 Å². The van der Waals surface area contributed by atoms with Gasteiger partial charge in [-0.15, -0.1) is 0 Å². The Labute approximate surface area is 116 Å². The van der Waals surface area contributed by atoms with Gasteiger partial charge in [-0.05, 0) is 50.7 Å². The zero-order valence-corrected chi connectivity index (χ0v) is 11.8. The fourth-order valence-electron chi connectivity index (χ4n) is 2.19. The first-order chi connectivity index (χ1) is 9.38. The largest absolute Gasteiger partial charge is 0.396 e. The molecule has 0 aromatic heterocycles. The molecule has 0 radical (unpaired) electrons. The fraction of sp³-hybridized carbons (Fsp3) is 0.625. The second-order valence-corrected chi connectivity index (χ2v) is 4.89. The fourth-order valence-corrected chi connectivity index (χ4v) is 2.19. The van der Waals surface area contributed by atoms with Gasteiger partial charge in [0.1, 0.15) is 0 Å². The van der Waals surface area contributed by atoms with Gasteiger partial charge in [-0.25, -0.2) is 0 Å². The van der Waals surface area contributed by atoms with Crippen molar-refractivity contribution in [3.63, 3.8) is 0 Å². The lowest BCUT2D eigenvalue weighted by molar-refractivity contribution is 0.282. The number of rotatable bonds is 11. The Morgan fingerprint density at radius 1 is 0.684 bits per heavy atom. The van der Waals surface area contributed by atoms with Gasteiger partial charge in [0.15, 0.2) is 0 Å². The molecule has 2 N–H and O–H groups in total. The second-order valence-electron chi connectivity index (χ2n) is 4.89. The van der Waals surface area contributed by atoms with Crippen LogP contribution in [0.2, 0.25) is 0 Å². The van der Waals surface area contributed by atoms with Crippen LogP contribution in [0.4, 0.5) is 5.69 Å². The van der Waals surface area contributed by atoms with Crippen molar-refractivity contribution in [1.82, 2.24) is 0 Å². The molecule has 0 atom stereocenters. The van der Waals surface area contributed by atoms with E-state index in [1.165, 1.54) is 5.69 Å². The van der Waals surface area contributed by atoms with E-state index in [0.29, 0.717) is 13.2 Å². The minimum Gasteiger partial charge on any atom is -0.396 e. The molecule has 1 rings (SSSR count). The predicted octanol–water partition coefficient (Wildman–Crippen LogP) is 2.82. The number of nitrogens with zero attached hydrogens (tertiary/aromatic N) is 1. The lowest BCUT2D eigenvalue weighted by atomic mass is 10.2. The van der Waals surface area contributed by atoms with Crippen LogP contribution in [0.5, 0.6) is 0 Å². The Hall–Kier alpha value is -1.06. The third kappa shape index (κ3) is 7.19. The van der Waals surface area contributed by atoms with Crippen LogP contribution in [0.25, 0.3) is 0 Å². The SMILES string of the molecule is OCCCCCN(CCCCCO)c1ccccc1. The summed E-state index contributed by atoms with van der Waals surface area (Å²) < 4.78 is 0. The first-order valence-electron chi connectivity index (χ1n) is 7.40. The molecular formula is C16H27NO2. The third-order valence-electron chi connectivity index (χ3n) is 3.29. The van der Waals surface area contributed by atoms with Crippen LogP contribution in [0.1, 0.15) is 38.5 Å². The van der Waals surface area contributed by atoms with Crippen LogP contribution in [-0.4, -0.2) is 36.5 Å². The Balaban J connectivity index is 2.39. The van der Waals surface area contributed by atoms with E-state index in [1.54, 1.807) is 0 Å². The molecule has 1 aromatic carbocycles. The van der Waals surface area contributed by atoms with Gasteiger partial charge in [0, 0.05) is 32.0 Å². The molecule has 0 saturated heterocycles. The number of para-hydroxylation sites is 1. The minimum absolute atomic E-state index is 0.293. The predicted molar refractivity (Wildman–Crippen MR) is 80.5 cm³/mol. The Morgan fingerprint density at radius 3 is 1.68 bits per heavy atom. The monoisotopic (exact) mass is 265 g/mol. The van der Waals surface area contributed by atoms with Crippen molar-refractivity contribution in [2.45, 2.75) is 38.5 Å². The van der Waals surface area contributed by atoms with Crippen LogP contribution >= 0.6 is 0 Å². The summed E-state index contributed by atoms with van der Waals surface area (Å²) in [7, 11) is 0. The maximum Gasteiger partial charge on any atom is 0.0431 e. The van der Waals surface area contributed by atoms with E-state index in [9.17, 15) is 0 Å². The van der Waals surface area contributed by atoms with E-state index in [0.717, 1.165) is 51.6 Å². The molecule has 0 aliphatic heterocycles. The van der Waals surface area contributed by atoms with Gasteiger partial charge in [0.2, 0.25) is 0 Å². The number of hydrogen-bond donors (Lipinski definition) is 2. The molecule has 3 nitrogen and oxygen atoms in total. The molecule has 0 aliphatic carbocycles. The molecule has 0 saturated carbocycles. The van der Waals surface area contributed by atoms with Crippen molar-refractivity contribution in [1.29, 1.82) is 0 Å². The zero-order chi connectivity index (χ0) is 13.8. The number of hydrogen-bond acceptors (Lipinski definition) is 3. The molecule has 0 spiro atoms. The normalized spacial score (nSPS) is 10.6. The highest BCUT2D eigenvalue weighted by atomic mass is 16.3. The lowest BCUT2D eigenvalue weighted by Gasteiger charge is -2.25. The molecule has 108 valence electrons. The van der Waals surface area contributed by atoms with Crippen molar-refractivity contribution in [3.8, 4) is 0 Å². The van der Waals surface area contributed by atoms with E-state index < -0.39 is 0 Å². The Morgan fingerprint density at radius 2 is 1.21 bits per heavy atom. The first kappa shape index (κ1) is 16.0. The summed E-state index contributed by atoms with van der Waals surface area (Å²) in [5.74, 6) is 0. The van der Waals surface area contributed by atoms with Gasteiger partial charge in [-0.1, -0.05) is 18.2 Å². The van der Waals surface area contributed by atoms with Crippen LogP contribution < -0.4 is 4.90 Å². The number of benzene rings is 1. The van der Waals surface area contributed by atoms with E-state index in [1.807, 2.05) is 6.07 Å². The summed E-state index contributed by atoms with van der Waals surface area (Å²) in [5, 5.41) is 17.6. The van der Waals surface area contributed by atoms with Crippen molar-refractivity contribution < 1.29 is 10.2 Å². The molecule has 0 amide bonds. The first-order valence-corrected chi connectivity index (χ1v) is 7.40. The quantitative estimate of drug-likeness (QED) is 0.605. The molecule has 0 heterocycles. The standard InChI is InChI=1S/C16H27NO2/c18-14-8-2-6-12-17(13-7-3-9-15-19)16-10-4-1-5-11-16/h1,4-5,10-11,18-19H,2-3,6-9,12-15H2. The second kappa shape index (κ2) is 10.8. The van der Waals surface area contributed by atoms with Crippen LogP contribution in [0.15, 0.2) is 30.3 Å². The van der Waals surface area contributed by atoms with Gasteiger partial charge >= 0.3 is 0 Å². The molecule has 0 fully saturated rings. The number of unbranched alkanes of at least 4 members (excludes halogenated alkanes) is 4. The maximum atomic E-state index is 8.81. The van der Waals surface area contributed by atoms with E-state index in [4.69, 9.17) is 10.2 Å². The molecule has 1 aromatic rings. The van der Waals surface area contributed by atoms with Crippen molar-refractivity contribution in [2.75, 3.05) is 31.2 Å². The van der Waals surface area contributed by atoms with Crippen LogP contribution in [-0.2, 0) is 0 Å². The highest BCUT2D eigenvalue weighted by Gasteiger charge is 2.05. The number of aliphatic hydroxyl groups excluding tert-OH is 2. The molecule has 0 aliphatic rings. The molecule has 0 unspecified atom stereocenters. The lowest BCUT2D eigenvalue weighted by Crippen LogP contribution is -2.25. The van der Waals surface area contributed by atoms with E-state index >= 15 is 0 Å². The average Bonchev–Trinajstić information content (AvgIpc) is 2.46. The topological polar surface area (TPSA) is 43.7 Å². The highest BCUT2D eigenvalue weighted by molar-refractivity contribution is 5.45. The highest BCUT2D eigenvalue weighted by Crippen LogP contribution is 2.15. The summed E-state index contributed by atoms with van der Waals surface area (Å²) in [6.45, 7) is 2.68. The van der Waals surface area contributed by atoms with E-state index in [-0.39, 0.29) is 0 Å². The van der Waals surface area contributed by atoms with Crippen molar-refractivity contribution in [3.05, 3.63) is 30.3 Å². The summed E-state index contributed by atoms with van der Waals surface area (Å²) in [4.78, 5) is 2.41. The van der Waals surface area contributed by atoms with Gasteiger partial charge in [-0.2, -0.15) is 0 Å². The molecule has 19 heavy (non-hydrogen) atoms. The zero-order valence-electron chi connectivity index (χ0n) is 11.8. The molecule has 3 heteroatoms. The number of anilines is 1. The minimum atomic E-state index is 0.293. The maximum absolute atomic E-state index is 8.81. The Bertz CT molecular complexity index is 291. The molecular weight excluding hydrogens is 238 g/mol. The van der Waals surface area contributed by atoms with Crippen molar-refractivity contribution in [2.24, 2.45) is 0 Å². The Kier molecular flexibility index (Phi) is 9.11. The van der Waals surface area contributed by atoms with Crippen LogP contribution in [0, 0.1) is 0 Å². The summed E-state index contributed by atoms with van der Waals surface area (Å²) >= 11 is 0. The smallest absolute Gasteiger partial charge is 0.0431 e. The summed E-state index contributed by atoms with van der Waals surface area (Å²) in [6, 6.07) is 10.5. The van der Waals surface area contributed by atoms with Gasteiger partial charge < -0.3 is 15.1 Å². The number of aliphatic hydroxyl groups is 2. The van der Waals surface area contributed by atoms with E-state index in [2.05, 4.69) is 29.2 Å². The summed E-state index contributed by atoms with van der Waals surface area (Å²) in [6.07, 6.45) is 6.19. The van der Waals surface area contributed by atoms with Gasteiger partial charge in [0.25, 0.3) is 0 Å². The summed E-state index contributed by atoms with van der Waals surface area (Å²) in [5.41, 5.74) is 1.27. The van der Waals surface area contributed by atoms with Gasteiger partial charge in [0.05, 0.1) is 0 Å².